The van der Waals surface area contributed by atoms with Gasteiger partial charge in [-0.15, -0.1) is 0 Å². The van der Waals surface area contributed by atoms with Gasteiger partial charge in [0.2, 0.25) is 0 Å². The molecule has 0 aromatic heterocycles. The molecule has 0 amide bonds. The van der Waals surface area contributed by atoms with Crippen LogP contribution in [0.15, 0.2) is 11.8 Å². The van der Waals surface area contributed by atoms with E-state index in [1.807, 2.05) is 0 Å². The third-order valence-corrected chi connectivity index (χ3v) is 5.33. The molecule has 0 unspecified atom stereocenters. The standard InChI is InChI=1S/C10H21NSi/c1-4-9-12(2,3)10-5-6-11-7-8-11/h4,9H,5-8,10H2,1-3H3/b9-4-. The average molecular weight is 183 g/mol. The number of rotatable bonds is 5. The quantitative estimate of drug-likeness (QED) is 0.467. The Labute approximate surface area is 77.5 Å². The van der Waals surface area contributed by atoms with Crippen LogP contribution in [0.25, 0.3) is 0 Å². The lowest BCUT2D eigenvalue weighted by Crippen LogP contribution is -2.23. The van der Waals surface area contributed by atoms with E-state index in [-0.39, 0.29) is 0 Å². The van der Waals surface area contributed by atoms with Gasteiger partial charge in [-0.1, -0.05) is 30.9 Å². The number of nitrogens with zero attached hydrogens (tertiary/aromatic N) is 1. The number of hydrogen-bond donors (Lipinski definition) is 0. The Morgan fingerprint density at radius 3 is 2.50 bits per heavy atom. The largest absolute Gasteiger partial charge is 0.301 e. The van der Waals surface area contributed by atoms with E-state index in [0.717, 1.165) is 0 Å². The molecule has 0 atom stereocenters. The Bertz CT molecular complexity index is 159. The van der Waals surface area contributed by atoms with E-state index in [1.165, 1.54) is 32.1 Å². The van der Waals surface area contributed by atoms with Crippen molar-refractivity contribution in [2.75, 3.05) is 19.6 Å². The summed E-state index contributed by atoms with van der Waals surface area (Å²) in [4.78, 5) is 2.51. The fourth-order valence-electron chi connectivity index (χ4n) is 1.59. The lowest BCUT2D eigenvalue weighted by atomic mass is 10.5. The van der Waals surface area contributed by atoms with E-state index in [0.29, 0.717) is 0 Å². The molecule has 1 saturated heterocycles. The van der Waals surface area contributed by atoms with Gasteiger partial charge in [0.25, 0.3) is 0 Å². The van der Waals surface area contributed by atoms with Crippen LogP contribution >= 0.6 is 0 Å². The molecule has 1 rings (SSSR count). The van der Waals surface area contributed by atoms with Crippen LogP contribution in [0.3, 0.4) is 0 Å². The summed E-state index contributed by atoms with van der Waals surface area (Å²) in [6, 6.07) is 1.45. The second kappa shape index (κ2) is 4.24. The van der Waals surface area contributed by atoms with Gasteiger partial charge in [-0.25, -0.2) is 0 Å². The lowest BCUT2D eigenvalue weighted by molar-refractivity contribution is 0.550. The topological polar surface area (TPSA) is 3.01 Å². The first-order chi connectivity index (χ1) is 5.64. The summed E-state index contributed by atoms with van der Waals surface area (Å²) in [5.41, 5.74) is 2.45. The van der Waals surface area contributed by atoms with Crippen LogP contribution < -0.4 is 0 Å². The van der Waals surface area contributed by atoms with Gasteiger partial charge in [-0.05, 0) is 19.9 Å². The molecule has 0 aliphatic carbocycles. The van der Waals surface area contributed by atoms with Crippen molar-refractivity contribution < 1.29 is 0 Å². The zero-order chi connectivity index (χ0) is 9.03. The maximum atomic E-state index is 2.51. The molecule has 1 aliphatic heterocycles. The van der Waals surface area contributed by atoms with E-state index in [1.54, 1.807) is 0 Å². The van der Waals surface area contributed by atoms with Crippen molar-refractivity contribution in [1.29, 1.82) is 0 Å². The highest BCUT2D eigenvalue weighted by atomic mass is 28.3. The molecule has 0 radical (unpaired) electrons. The molecular weight excluding hydrogens is 162 g/mol. The van der Waals surface area contributed by atoms with Gasteiger partial charge < -0.3 is 4.90 Å². The first-order valence-electron chi connectivity index (χ1n) is 5.00. The van der Waals surface area contributed by atoms with E-state index < -0.39 is 8.07 Å². The molecule has 0 aromatic carbocycles. The third-order valence-electron chi connectivity index (χ3n) is 2.45. The Morgan fingerprint density at radius 1 is 1.33 bits per heavy atom. The third kappa shape index (κ3) is 4.07. The molecule has 0 bridgehead atoms. The first-order valence-corrected chi connectivity index (χ1v) is 8.29. The number of allylic oxidation sites excluding steroid dienone is 1. The van der Waals surface area contributed by atoms with Crippen molar-refractivity contribution in [2.24, 2.45) is 0 Å². The maximum absolute atomic E-state index is 2.51. The molecule has 70 valence electrons. The Kier molecular flexibility index (Phi) is 3.53. The van der Waals surface area contributed by atoms with Crippen molar-refractivity contribution in [3.63, 3.8) is 0 Å². The Balaban J connectivity index is 2.10. The summed E-state index contributed by atoms with van der Waals surface area (Å²) in [5.74, 6) is 0. The van der Waals surface area contributed by atoms with E-state index in [2.05, 4.69) is 36.7 Å². The molecule has 1 heterocycles. The number of hydrogen-bond acceptors (Lipinski definition) is 1. The highest BCUT2D eigenvalue weighted by Gasteiger charge is 2.19. The van der Waals surface area contributed by atoms with Crippen molar-refractivity contribution in [3.8, 4) is 0 Å². The van der Waals surface area contributed by atoms with Crippen LogP contribution in [-0.4, -0.2) is 32.6 Å². The van der Waals surface area contributed by atoms with Gasteiger partial charge >= 0.3 is 0 Å². The van der Waals surface area contributed by atoms with Crippen LogP contribution in [0.5, 0.6) is 0 Å². The van der Waals surface area contributed by atoms with Crippen LogP contribution in [0, 0.1) is 0 Å². The SMILES string of the molecule is C/C=C\[Si](C)(C)CCCN1CC1. The molecule has 2 heteroatoms. The average Bonchev–Trinajstić information content (AvgIpc) is 2.70. The second-order valence-corrected chi connectivity index (χ2v) is 9.24. The highest BCUT2D eigenvalue weighted by Crippen LogP contribution is 2.15. The molecule has 0 spiro atoms. The van der Waals surface area contributed by atoms with Gasteiger partial charge in [-0.2, -0.15) is 0 Å². The van der Waals surface area contributed by atoms with Crippen LogP contribution in [-0.2, 0) is 0 Å². The van der Waals surface area contributed by atoms with Crippen molar-refractivity contribution in [2.45, 2.75) is 32.5 Å². The van der Waals surface area contributed by atoms with Crippen molar-refractivity contribution >= 4 is 8.07 Å². The van der Waals surface area contributed by atoms with Gasteiger partial charge in [0.1, 0.15) is 0 Å². The Morgan fingerprint density at radius 2 is 2.00 bits per heavy atom. The van der Waals surface area contributed by atoms with E-state index in [4.69, 9.17) is 0 Å². The summed E-state index contributed by atoms with van der Waals surface area (Å²) in [6.45, 7) is 11.1. The summed E-state index contributed by atoms with van der Waals surface area (Å²) in [7, 11) is -0.950. The van der Waals surface area contributed by atoms with Crippen LogP contribution in [0.4, 0.5) is 0 Å². The van der Waals surface area contributed by atoms with Gasteiger partial charge in [0.15, 0.2) is 0 Å². The monoisotopic (exact) mass is 183 g/mol. The fourth-order valence-corrected chi connectivity index (χ4v) is 3.73. The summed E-state index contributed by atoms with van der Waals surface area (Å²) >= 11 is 0. The smallest absolute Gasteiger partial charge is 0.0713 e. The predicted molar refractivity (Wildman–Crippen MR) is 58.2 cm³/mol. The highest BCUT2D eigenvalue weighted by molar-refractivity contribution is 6.82. The minimum Gasteiger partial charge on any atom is -0.301 e. The van der Waals surface area contributed by atoms with Crippen LogP contribution in [0.1, 0.15) is 13.3 Å². The lowest BCUT2D eigenvalue weighted by Gasteiger charge is -2.17. The van der Waals surface area contributed by atoms with Gasteiger partial charge in [0.05, 0.1) is 8.07 Å². The molecule has 1 nitrogen and oxygen atoms in total. The Hall–Kier alpha value is -0.0831. The van der Waals surface area contributed by atoms with Gasteiger partial charge in [0, 0.05) is 13.1 Å². The first kappa shape index (κ1) is 10.0. The van der Waals surface area contributed by atoms with E-state index >= 15 is 0 Å². The van der Waals surface area contributed by atoms with Gasteiger partial charge in [-0.3, -0.25) is 0 Å². The molecule has 1 aliphatic rings. The summed E-state index contributed by atoms with van der Waals surface area (Å²) < 4.78 is 0. The normalized spacial score (nSPS) is 18.9. The van der Waals surface area contributed by atoms with Crippen molar-refractivity contribution in [1.82, 2.24) is 4.90 Å². The molecule has 0 saturated carbocycles. The maximum Gasteiger partial charge on any atom is 0.0713 e. The van der Waals surface area contributed by atoms with Crippen molar-refractivity contribution in [3.05, 3.63) is 11.8 Å². The molecule has 1 fully saturated rings. The fraction of sp³-hybridized carbons (Fsp3) is 0.800. The zero-order valence-electron chi connectivity index (χ0n) is 8.64. The van der Waals surface area contributed by atoms with E-state index in [9.17, 15) is 0 Å². The minimum absolute atomic E-state index is 0.950. The minimum atomic E-state index is -0.950. The van der Waals surface area contributed by atoms with Crippen LogP contribution in [0.2, 0.25) is 19.1 Å². The molecule has 0 N–H and O–H groups in total. The summed E-state index contributed by atoms with van der Waals surface area (Å²) in [5, 5.41) is 0. The molecular formula is C10H21NSi. The predicted octanol–water partition coefficient (Wildman–Crippen LogP) is 2.52. The second-order valence-electron chi connectivity index (χ2n) is 4.43. The summed E-state index contributed by atoms with van der Waals surface area (Å²) in [6.07, 6.45) is 3.63. The molecule has 0 aromatic rings. The zero-order valence-corrected chi connectivity index (χ0v) is 9.64. The molecule has 12 heavy (non-hydrogen) atoms.